The zero-order chi connectivity index (χ0) is 35.5. The molecule has 1 atom stereocenters. The van der Waals surface area contributed by atoms with E-state index in [4.69, 9.17) is 33.0 Å². The number of hydrogen-bond acceptors (Lipinski definition) is 5. The second kappa shape index (κ2) is 11.0. The zero-order valence-corrected chi connectivity index (χ0v) is 30.0. The van der Waals surface area contributed by atoms with Crippen LogP contribution in [0, 0.1) is 20.8 Å². The Balaban J connectivity index is 1.32. The molecule has 0 spiro atoms. The minimum atomic E-state index is -1.11. The first-order valence-electron chi connectivity index (χ1n) is 16.4. The fourth-order valence-electron chi connectivity index (χ4n) is 8.41. The van der Waals surface area contributed by atoms with Crippen molar-refractivity contribution in [3.05, 3.63) is 92.0 Å². The van der Waals surface area contributed by atoms with E-state index in [0.717, 1.165) is 60.9 Å². The number of carbonyl (C=O) groups is 2. The topological polar surface area (TPSA) is 115 Å². The maximum Gasteiger partial charge on any atom is 0.352 e. The predicted molar refractivity (Wildman–Crippen MR) is 195 cm³/mol. The Bertz CT molecular complexity index is 2470. The first-order chi connectivity index (χ1) is 23.7. The van der Waals surface area contributed by atoms with E-state index in [2.05, 4.69) is 11.5 Å². The van der Waals surface area contributed by atoms with Crippen LogP contribution in [0.4, 0.5) is 5.69 Å². The van der Waals surface area contributed by atoms with E-state index in [-0.39, 0.29) is 23.9 Å². The third-order valence-electron chi connectivity index (χ3n) is 10.5. The molecule has 2 N–H and O–H groups in total. The molecule has 2 aliphatic rings. The molecule has 12 heteroatoms. The van der Waals surface area contributed by atoms with Crippen molar-refractivity contribution in [3.63, 3.8) is 0 Å². The monoisotopic (exact) mass is 711 g/mol. The van der Waals surface area contributed by atoms with Crippen LogP contribution < -0.4 is 9.64 Å². The lowest BCUT2D eigenvalue weighted by atomic mass is 9.83. The molecule has 0 saturated heterocycles. The van der Waals surface area contributed by atoms with Crippen LogP contribution in [0.5, 0.6) is 11.5 Å². The molecule has 0 fully saturated rings. The Morgan fingerprint density at radius 1 is 1.02 bits per heavy atom. The second-order valence-corrected chi connectivity index (χ2v) is 14.5. The summed E-state index contributed by atoms with van der Waals surface area (Å²) in [4.78, 5) is 28.9. The average Bonchev–Trinajstić information content (AvgIpc) is 3.68. The molecule has 3 aromatic heterocycles. The highest BCUT2D eigenvalue weighted by atomic mass is 35.5. The summed E-state index contributed by atoms with van der Waals surface area (Å²) in [5.74, 6) is -0.693. The van der Waals surface area contributed by atoms with Crippen LogP contribution in [0.15, 0.2) is 42.5 Å². The van der Waals surface area contributed by atoms with Crippen LogP contribution in [0.3, 0.4) is 0 Å². The van der Waals surface area contributed by atoms with E-state index in [0.29, 0.717) is 46.8 Å². The number of hydrogen-bond donors (Lipinski definition) is 2. The van der Waals surface area contributed by atoms with Crippen molar-refractivity contribution in [2.75, 3.05) is 18.1 Å². The normalized spacial score (nSPS) is 16.5. The van der Waals surface area contributed by atoms with E-state index < -0.39 is 11.5 Å². The summed E-state index contributed by atoms with van der Waals surface area (Å²) >= 11 is 13.4. The lowest BCUT2D eigenvalue weighted by Gasteiger charge is -2.45. The van der Waals surface area contributed by atoms with Gasteiger partial charge in [-0.15, -0.1) is 0 Å². The Morgan fingerprint density at radius 2 is 1.74 bits per heavy atom. The number of rotatable bonds is 7. The number of benzene rings is 3. The molecule has 6 aromatic rings. The maximum atomic E-state index is 15.1. The van der Waals surface area contributed by atoms with Crippen molar-refractivity contribution >= 4 is 62.6 Å². The number of carboxylic acids is 1. The van der Waals surface area contributed by atoms with Crippen molar-refractivity contribution in [2.24, 2.45) is 14.1 Å². The number of phenols is 1. The minimum Gasteiger partial charge on any atom is -0.508 e. The largest absolute Gasteiger partial charge is 0.508 e. The number of aryl methyl sites for hydroxylation is 6. The van der Waals surface area contributed by atoms with Gasteiger partial charge in [-0.05, 0) is 81.5 Å². The molecule has 0 aliphatic carbocycles. The van der Waals surface area contributed by atoms with E-state index in [1.165, 1.54) is 16.7 Å². The van der Waals surface area contributed by atoms with Crippen LogP contribution in [0.1, 0.15) is 62.4 Å². The number of aromatic nitrogens is 4. The standard InChI is InChI=1S/C38H35Cl2N5O5/c1-18-12-22(13-19(2)32(18)40)50-11-7-8-23-24-9-10-26(39)31-30-20(3)41-43(6)35(30)38(4)17-44(36(47)34(23)45(38)33(24)31)28-15-21(46)14-27-25(28)16-29(37(48)49)42(27)5/h9-10,12-16,46H,7-8,11,17H2,1-6H3,(H,48,49)/t38-/m1/s1. The van der Waals surface area contributed by atoms with Crippen LogP contribution in [0.25, 0.3) is 32.9 Å². The van der Waals surface area contributed by atoms with E-state index in [1.54, 1.807) is 18.0 Å². The molecule has 0 bridgehead atoms. The number of halogens is 2. The number of carboxylic acid groups (broad SMARTS) is 1. The Hall–Kier alpha value is -4.93. The van der Waals surface area contributed by atoms with Gasteiger partial charge in [-0.2, -0.15) is 5.10 Å². The third kappa shape index (κ3) is 4.37. The molecule has 1 amide bonds. The highest BCUT2D eigenvalue weighted by Gasteiger charge is 2.51. The number of amides is 1. The van der Waals surface area contributed by atoms with Crippen molar-refractivity contribution in [1.82, 2.24) is 18.9 Å². The molecule has 0 saturated carbocycles. The van der Waals surface area contributed by atoms with Crippen LogP contribution in [0.2, 0.25) is 10.0 Å². The van der Waals surface area contributed by atoms with Gasteiger partial charge in [0.05, 0.1) is 46.3 Å². The summed E-state index contributed by atoms with van der Waals surface area (Å²) in [6.07, 6.45) is 1.16. The van der Waals surface area contributed by atoms with Gasteiger partial charge in [-0.25, -0.2) is 4.79 Å². The highest BCUT2D eigenvalue weighted by molar-refractivity contribution is 6.35. The summed E-state index contributed by atoms with van der Waals surface area (Å²) in [6.45, 7) is 8.60. The number of nitrogens with zero attached hydrogens (tertiary/aromatic N) is 5. The Labute approximate surface area is 298 Å². The van der Waals surface area contributed by atoms with Crippen LogP contribution >= 0.6 is 23.2 Å². The quantitative estimate of drug-likeness (QED) is 0.163. The summed E-state index contributed by atoms with van der Waals surface area (Å²) in [5.41, 5.74) is 7.87. The lowest BCUT2D eigenvalue weighted by Crippen LogP contribution is -2.55. The molecule has 5 heterocycles. The molecule has 50 heavy (non-hydrogen) atoms. The smallest absolute Gasteiger partial charge is 0.352 e. The Morgan fingerprint density at radius 3 is 2.44 bits per heavy atom. The molecule has 3 aromatic carbocycles. The van der Waals surface area contributed by atoms with Gasteiger partial charge in [-0.3, -0.25) is 9.48 Å². The minimum absolute atomic E-state index is 0.0462. The Kier molecular flexibility index (Phi) is 7.13. The SMILES string of the molecule is Cc1cc(OCCCc2c3n4c5c(c(Cl)ccc25)-c2c(C)nn(C)c2[C@@]4(C)CN(c2cc(O)cc4c2cc(C(=O)O)n4C)C3=O)cc(C)c1Cl. The van der Waals surface area contributed by atoms with Crippen LogP contribution in [-0.4, -0.2) is 54.2 Å². The van der Waals surface area contributed by atoms with E-state index in [9.17, 15) is 15.0 Å². The average molecular weight is 713 g/mol. The van der Waals surface area contributed by atoms with Crippen molar-refractivity contribution in [3.8, 4) is 22.6 Å². The molecule has 256 valence electrons. The van der Waals surface area contributed by atoms with Gasteiger partial charge in [0.15, 0.2) is 0 Å². The number of anilines is 1. The number of ether oxygens (including phenoxy) is 1. The molecule has 0 radical (unpaired) electrons. The van der Waals surface area contributed by atoms with Crippen molar-refractivity contribution in [1.29, 1.82) is 0 Å². The molecule has 8 rings (SSSR count). The molecule has 2 aliphatic heterocycles. The van der Waals surface area contributed by atoms with Gasteiger partial charge < -0.3 is 29.0 Å². The maximum absolute atomic E-state index is 15.1. The first-order valence-corrected chi connectivity index (χ1v) is 17.2. The second-order valence-electron chi connectivity index (χ2n) is 13.7. The number of phenolic OH excluding ortho intramolecular Hbond substituents is 1. The number of aromatic carboxylic acids is 1. The molecular weight excluding hydrogens is 677 g/mol. The van der Waals surface area contributed by atoms with Gasteiger partial charge in [0.2, 0.25) is 0 Å². The first kappa shape index (κ1) is 32.3. The highest BCUT2D eigenvalue weighted by Crippen LogP contribution is 2.54. The van der Waals surface area contributed by atoms with E-state index >= 15 is 4.79 Å². The number of carbonyl (C=O) groups excluding carboxylic acids is 1. The summed E-state index contributed by atoms with van der Waals surface area (Å²) < 4.78 is 11.7. The number of fused-ring (bicyclic) bond motifs is 4. The van der Waals surface area contributed by atoms with Gasteiger partial charge in [0, 0.05) is 53.2 Å². The summed E-state index contributed by atoms with van der Waals surface area (Å²) in [5, 5.41) is 28.5. The zero-order valence-electron chi connectivity index (χ0n) is 28.5. The fraction of sp³-hybridized carbons (Fsp3) is 0.289. The van der Waals surface area contributed by atoms with Crippen LogP contribution in [-0.2, 0) is 26.1 Å². The predicted octanol–water partition coefficient (Wildman–Crippen LogP) is 7.92. The van der Waals surface area contributed by atoms with Gasteiger partial charge >= 0.3 is 5.97 Å². The summed E-state index contributed by atoms with van der Waals surface area (Å²) in [6, 6.07) is 12.4. The molecule has 0 unspecified atom stereocenters. The van der Waals surface area contributed by atoms with Gasteiger partial charge in [0.1, 0.15) is 28.4 Å². The molecule has 10 nitrogen and oxygen atoms in total. The van der Waals surface area contributed by atoms with Gasteiger partial charge in [-0.1, -0.05) is 29.3 Å². The lowest BCUT2D eigenvalue weighted by molar-refractivity contribution is 0.0686. The number of aromatic hydroxyl groups is 1. The third-order valence-corrected chi connectivity index (χ3v) is 11.4. The van der Waals surface area contributed by atoms with Crippen molar-refractivity contribution in [2.45, 2.75) is 46.1 Å². The van der Waals surface area contributed by atoms with Crippen molar-refractivity contribution < 1.29 is 24.5 Å². The summed E-state index contributed by atoms with van der Waals surface area (Å²) in [7, 11) is 3.54. The molecular formula is C38H35Cl2N5O5. The van der Waals surface area contributed by atoms with Gasteiger partial charge in [0.25, 0.3) is 5.91 Å². The van der Waals surface area contributed by atoms with E-state index in [1.807, 2.05) is 56.8 Å². The fourth-order valence-corrected chi connectivity index (χ4v) is 8.77.